The monoisotopic (exact) mass is 339 g/mol. The Morgan fingerprint density at radius 1 is 1.35 bits per heavy atom. The zero-order chi connectivity index (χ0) is 14.4. The normalized spacial score (nSPS) is 22.8. The minimum atomic E-state index is 0.732. The molecule has 1 aliphatic rings. The van der Waals surface area contributed by atoms with Crippen LogP contribution in [0.25, 0.3) is 0 Å². The van der Waals surface area contributed by atoms with E-state index in [2.05, 4.69) is 46.4 Å². The summed E-state index contributed by atoms with van der Waals surface area (Å²) in [6.07, 6.45) is 7.82. The van der Waals surface area contributed by atoms with Crippen LogP contribution < -0.4 is 10.1 Å². The zero-order valence-electron chi connectivity index (χ0n) is 12.6. The number of benzene rings is 1. The molecule has 112 valence electrons. The smallest absolute Gasteiger partial charge is 0.133 e. The molecule has 3 heteroatoms. The van der Waals surface area contributed by atoms with E-state index in [1.54, 1.807) is 7.11 Å². The largest absolute Gasteiger partial charge is 0.496 e. The maximum atomic E-state index is 5.29. The Morgan fingerprint density at radius 3 is 2.90 bits per heavy atom. The van der Waals surface area contributed by atoms with E-state index in [0.717, 1.165) is 28.7 Å². The van der Waals surface area contributed by atoms with Gasteiger partial charge >= 0.3 is 0 Å². The summed E-state index contributed by atoms with van der Waals surface area (Å²) in [6, 6.07) is 7.21. The SMILES string of the molecule is CCCNC1CCCC(Cc2ccc(OC)c(Br)c2)C1. The highest BCUT2D eigenvalue weighted by Crippen LogP contribution is 2.30. The van der Waals surface area contributed by atoms with E-state index >= 15 is 0 Å². The number of ether oxygens (including phenoxy) is 1. The maximum absolute atomic E-state index is 5.29. The van der Waals surface area contributed by atoms with Gasteiger partial charge in [-0.25, -0.2) is 0 Å². The minimum Gasteiger partial charge on any atom is -0.496 e. The van der Waals surface area contributed by atoms with Crippen molar-refractivity contribution in [2.75, 3.05) is 13.7 Å². The Kier molecular flexibility index (Phi) is 6.37. The number of hydrogen-bond donors (Lipinski definition) is 1. The van der Waals surface area contributed by atoms with Crippen molar-refractivity contribution >= 4 is 15.9 Å². The Bertz CT molecular complexity index is 421. The van der Waals surface area contributed by atoms with Crippen LogP contribution in [0.3, 0.4) is 0 Å². The first kappa shape index (κ1) is 15.8. The molecule has 2 unspecified atom stereocenters. The first-order valence-electron chi connectivity index (χ1n) is 7.78. The van der Waals surface area contributed by atoms with Crippen molar-refractivity contribution in [2.24, 2.45) is 5.92 Å². The fraction of sp³-hybridized carbons (Fsp3) is 0.647. The summed E-state index contributed by atoms with van der Waals surface area (Å²) < 4.78 is 6.36. The highest BCUT2D eigenvalue weighted by molar-refractivity contribution is 9.10. The average molecular weight is 340 g/mol. The van der Waals surface area contributed by atoms with Gasteiger partial charge in [-0.1, -0.05) is 25.8 Å². The summed E-state index contributed by atoms with van der Waals surface area (Å²) in [4.78, 5) is 0. The highest BCUT2D eigenvalue weighted by Gasteiger charge is 2.21. The average Bonchev–Trinajstić information content (AvgIpc) is 2.46. The first-order valence-corrected chi connectivity index (χ1v) is 8.58. The summed E-state index contributed by atoms with van der Waals surface area (Å²) in [5.41, 5.74) is 1.42. The molecule has 0 heterocycles. The van der Waals surface area contributed by atoms with E-state index in [1.165, 1.54) is 44.1 Å². The van der Waals surface area contributed by atoms with E-state index in [4.69, 9.17) is 4.74 Å². The summed E-state index contributed by atoms with van der Waals surface area (Å²) in [6.45, 7) is 3.40. The molecule has 20 heavy (non-hydrogen) atoms. The highest BCUT2D eigenvalue weighted by atomic mass is 79.9. The Morgan fingerprint density at radius 2 is 2.20 bits per heavy atom. The van der Waals surface area contributed by atoms with E-state index in [0.29, 0.717) is 0 Å². The zero-order valence-corrected chi connectivity index (χ0v) is 14.2. The molecule has 0 aromatic heterocycles. The molecule has 0 aliphatic heterocycles. The van der Waals surface area contributed by atoms with Crippen LogP contribution in [-0.4, -0.2) is 19.7 Å². The molecule has 1 aliphatic carbocycles. The van der Waals surface area contributed by atoms with Crippen LogP contribution >= 0.6 is 15.9 Å². The van der Waals surface area contributed by atoms with Gasteiger partial charge in [0.05, 0.1) is 11.6 Å². The van der Waals surface area contributed by atoms with Crippen LogP contribution in [0, 0.1) is 5.92 Å². The van der Waals surface area contributed by atoms with Gasteiger partial charge in [0, 0.05) is 6.04 Å². The molecule has 2 nitrogen and oxygen atoms in total. The molecule has 0 bridgehead atoms. The van der Waals surface area contributed by atoms with E-state index in [1.807, 2.05) is 0 Å². The van der Waals surface area contributed by atoms with Gasteiger partial charge in [0.2, 0.25) is 0 Å². The number of nitrogens with one attached hydrogen (secondary N) is 1. The Balaban J connectivity index is 1.90. The fourth-order valence-corrected chi connectivity index (χ4v) is 3.77. The minimum absolute atomic E-state index is 0.732. The van der Waals surface area contributed by atoms with Crippen molar-refractivity contribution in [2.45, 2.75) is 51.5 Å². The first-order chi connectivity index (χ1) is 9.72. The van der Waals surface area contributed by atoms with Crippen molar-refractivity contribution in [1.82, 2.24) is 5.32 Å². The van der Waals surface area contributed by atoms with Crippen LogP contribution in [0.4, 0.5) is 0 Å². The molecular weight excluding hydrogens is 314 g/mol. The second-order valence-electron chi connectivity index (χ2n) is 5.86. The molecule has 0 radical (unpaired) electrons. The number of rotatable bonds is 6. The van der Waals surface area contributed by atoms with Gasteiger partial charge in [-0.05, 0) is 71.8 Å². The van der Waals surface area contributed by atoms with Crippen molar-refractivity contribution in [3.63, 3.8) is 0 Å². The lowest BCUT2D eigenvalue weighted by Crippen LogP contribution is -2.35. The van der Waals surface area contributed by atoms with Gasteiger partial charge in [-0.2, -0.15) is 0 Å². The van der Waals surface area contributed by atoms with Crippen LogP contribution in [0.1, 0.15) is 44.6 Å². The fourth-order valence-electron chi connectivity index (χ4n) is 3.18. The molecule has 2 rings (SSSR count). The number of hydrogen-bond acceptors (Lipinski definition) is 2. The van der Waals surface area contributed by atoms with Gasteiger partial charge in [-0.15, -0.1) is 0 Å². The quantitative estimate of drug-likeness (QED) is 0.820. The van der Waals surface area contributed by atoms with E-state index in [-0.39, 0.29) is 0 Å². The second-order valence-corrected chi connectivity index (χ2v) is 6.71. The van der Waals surface area contributed by atoms with Gasteiger partial charge in [-0.3, -0.25) is 0 Å². The number of methoxy groups -OCH3 is 1. The summed E-state index contributed by atoms with van der Waals surface area (Å²) >= 11 is 3.58. The topological polar surface area (TPSA) is 21.3 Å². The van der Waals surface area contributed by atoms with Crippen LogP contribution in [0.2, 0.25) is 0 Å². The lowest BCUT2D eigenvalue weighted by atomic mass is 9.82. The lowest BCUT2D eigenvalue weighted by Gasteiger charge is -2.30. The molecule has 0 amide bonds. The van der Waals surface area contributed by atoms with Crippen LogP contribution in [0.5, 0.6) is 5.75 Å². The van der Waals surface area contributed by atoms with Gasteiger partial charge in [0.15, 0.2) is 0 Å². The summed E-state index contributed by atoms with van der Waals surface area (Å²) in [5, 5.41) is 3.69. The predicted molar refractivity (Wildman–Crippen MR) is 88.4 cm³/mol. The molecule has 1 saturated carbocycles. The van der Waals surface area contributed by atoms with Gasteiger partial charge in [0.1, 0.15) is 5.75 Å². The van der Waals surface area contributed by atoms with E-state index < -0.39 is 0 Å². The molecule has 1 N–H and O–H groups in total. The standard InChI is InChI=1S/C17H26BrNO/c1-3-9-19-15-6-4-5-13(11-15)10-14-7-8-17(20-2)16(18)12-14/h7-8,12-13,15,19H,3-6,9-11H2,1-2H3. The van der Waals surface area contributed by atoms with Crippen LogP contribution in [-0.2, 0) is 6.42 Å². The summed E-state index contributed by atoms with van der Waals surface area (Å²) in [5.74, 6) is 1.73. The lowest BCUT2D eigenvalue weighted by molar-refractivity contribution is 0.284. The molecule has 1 aromatic carbocycles. The predicted octanol–water partition coefficient (Wildman–Crippen LogP) is 4.56. The van der Waals surface area contributed by atoms with Gasteiger partial charge < -0.3 is 10.1 Å². The molecule has 2 atom stereocenters. The van der Waals surface area contributed by atoms with Crippen LogP contribution in [0.15, 0.2) is 22.7 Å². The Hall–Kier alpha value is -0.540. The second kappa shape index (κ2) is 8.04. The van der Waals surface area contributed by atoms with Crippen molar-refractivity contribution in [3.05, 3.63) is 28.2 Å². The van der Waals surface area contributed by atoms with Gasteiger partial charge in [0.25, 0.3) is 0 Å². The maximum Gasteiger partial charge on any atom is 0.133 e. The van der Waals surface area contributed by atoms with Crippen molar-refractivity contribution in [3.8, 4) is 5.75 Å². The number of halogens is 1. The molecule has 0 saturated heterocycles. The van der Waals surface area contributed by atoms with Crippen molar-refractivity contribution in [1.29, 1.82) is 0 Å². The third-order valence-corrected chi connectivity index (χ3v) is 4.83. The van der Waals surface area contributed by atoms with Crippen molar-refractivity contribution < 1.29 is 4.74 Å². The third kappa shape index (κ3) is 4.49. The molecule has 0 spiro atoms. The summed E-state index contributed by atoms with van der Waals surface area (Å²) in [7, 11) is 1.71. The Labute approximate surface area is 131 Å². The molecule has 1 fully saturated rings. The molecular formula is C17H26BrNO. The van der Waals surface area contributed by atoms with E-state index in [9.17, 15) is 0 Å². The third-order valence-electron chi connectivity index (χ3n) is 4.21. The molecule has 1 aromatic rings.